The van der Waals surface area contributed by atoms with Gasteiger partial charge in [-0.05, 0) is 18.2 Å². The number of aromatic nitrogens is 1. The summed E-state index contributed by atoms with van der Waals surface area (Å²) in [6.45, 7) is 0. The first-order valence-corrected chi connectivity index (χ1v) is 5.48. The highest BCUT2D eigenvalue weighted by atomic mass is 35.5. The van der Waals surface area contributed by atoms with Crippen molar-refractivity contribution >= 4 is 22.9 Å². The number of halogens is 1. The number of H-pyrrole nitrogens is 1. The minimum atomic E-state index is -0.0862. The van der Waals surface area contributed by atoms with Crippen molar-refractivity contribution in [2.24, 2.45) is 0 Å². The predicted molar refractivity (Wildman–Crippen MR) is 61.9 cm³/mol. The molecule has 0 aliphatic carbocycles. The fraction of sp³-hybridized carbons (Fsp3) is 0.100. The summed E-state index contributed by atoms with van der Waals surface area (Å²) in [4.78, 5) is 13.6. The number of rotatable bonds is 2. The summed E-state index contributed by atoms with van der Waals surface area (Å²) in [6.07, 6.45) is 0. The normalized spacial score (nSPS) is 10.3. The van der Waals surface area contributed by atoms with E-state index < -0.39 is 0 Å². The number of nitrogens with one attached hydrogen (secondary N) is 1. The molecule has 0 spiro atoms. The van der Waals surface area contributed by atoms with Crippen molar-refractivity contribution in [3.05, 3.63) is 38.3 Å². The van der Waals surface area contributed by atoms with E-state index >= 15 is 0 Å². The van der Waals surface area contributed by atoms with Crippen LogP contribution in [0.15, 0.2) is 28.4 Å². The maximum Gasteiger partial charge on any atom is 0.304 e. The molecular weight excluding hydrogens is 234 g/mol. The van der Waals surface area contributed by atoms with Gasteiger partial charge in [-0.2, -0.15) is 0 Å². The quantitative estimate of drug-likeness (QED) is 0.879. The van der Waals surface area contributed by atoms with Crippen molar-refractivity contribution in [2.45, 2.75) is 0 Å². The summed E-state index contributed by atoms with van der Waals surface area (Å²) < 4.78 is 5.04. The largest absolute Gasteiger partial charge is 0.497 e. The number of methoxy groups -OCH3 is 1. The fourth-order valence-electron chi connectivity index (χ4n) is 1.25. The van der Waals surface area contributed by atoms with E-state index in [0.29, 0.717) is 10.8 Å². The molecule has 0 aliphatic rings. The van der Waals surface area contributed by atoms with Crippen LogP contribution in [0.25, 0.3) is 11.3 Å². The van der Waals surface area contributed by atoms with E-state index in [-0.39, 0.29) is 4.87 Å². The Balaban J connectivity index is 2.49. The molecule has 3 nitrogen and oxygen atoms in total. The highest BCUT2D eigenvalue weighted by molar-refractivity contribution is 7.07. The Morgan fingerprint density at radius 1 is 1.47 bits per heavy atom. The van der Waals surface area contributed by atoms with E-state index in [1.165, 1.54) is 0 Å². The number of thiazole rings is 1. The van der Waals surface area contributed by atoms with Crippen LogP contribution < -0.4 is 9.61 Å². The van der Waals surface area contributed by atoms with Gasteiger partial charge in [-0.1, -0.05) is 22.9 Å². The van der Waals surface area contributed by atoms with Crippen LogP contribution in [0.1, 0.15) is 0 Å². The summed E-state index contributed by atoms with van der Waals surface area (Å²) in [6, 6.07) is 5.34. The monoisotopic (exact) mass is 241 g/mol. The molecule has 0 atom stereocenters. The Morgan fingerprint density at radius 3 is 2.80 bits per heavy atom. The summed E-state index contributed by atoms with van der Waals surface area (Å²) in [5.74, 6) is 0.696. The molecule has 1 N–H and O–H groups in total. The van der Waals surface area contributed by atoms with Crippen LogP contribution in [-0.2, 0) is 0 Å². The van der Waals surface area contributed by atoms with Crippen LogP contribution in [0.3, 0.4) is 0 Å². The van der Waals surface area contributed by atoms with Crippen LogP contribution in [0.5, 0.6) is 5.75 Å². The van der Waals surface area contributed by atoms with E-state index in [9.17, 15) is 4.79 Å². The van der Waals surface area contributed by atoms with Crippen LogP contribution in [0.2, 0.25) is 5.02 Å². The highest BCUT2D eigenvalue weighted by Gasteiger charge is 2.06. The number of aromatic amines is 1. The second-order valence-corrected chi connectivity index (χ2v) is 4.16. The molecule has 0 saturated heterocycles. The zero-order valence-corrected chi connectivity index (χ0v) is 9.48. The Bertz CT molecular complexity index is 532. The average molecular weight is 242 g/mol. The summed E-state index contributed by atoms with van der Waals surface area (Å²) >= 11 is 7.17. The molecule has 0 fully saturated rings. The lowest BCUT2D eigenvalue weighted by Crippen LogP contribution is -1.92. The summed E-state index contributed by atoms with van der Waals surface area (Å²) in [5, 5.41) is 2.30. The molecule has 15 heavy (non-hydrogen) atoms. The second kappa shape index (κ2) is 4.08. The van der Waals surface area contributed by atoms with Crippen LogP contribution in [0.4, 0.5) is 0 Å². The van der Waals surface area contributed by atoms with Crippen LogP contribution in [0, 0.1) is 0 Å². The van der Waals surface area contributed by atoms with Crippen molar-refractivity contribution in [3.8, 4) is 17.0 Å². The van der Waals surface area contributed by atoms with Gasteiger partial charge in [0.25, 0.3) is 0 Å². The first-order valence-electron chi connectivity index (χ1n) is 4.22. The van der Waals surface area contributed by atoms with Crippen LogP contribution >= 0.6 is 22.9 Å². The molecule has 1 heterocycles. The summed E-state index contributed by atoms with van der Waals surface area (Å²) in [5.41, 5.74) is 1.54. The topological polar surface area (TPSA) is 42.1 Å². The van der Waals surface area contributed by atoms with E-state index in [4.69, 9.17) is 16.3 Å². The van der Waals surface area contributed by atoms with Crippen molar-refractivity contribution in [1.82, 2.24) is 4.98 Å². The van der Waals surface area contributed by atoms with Gasteiger partial charge in [-0.25, -0.2) is 0 Å². The second-order valence-electron chi connectivity index (χ2n) is 2.91. The van der Waals surface area contributed by atoms with Crippen LogP contribution in [-0.4, -0.2) is 12.1 Å². The third kappa shape index (κ3) is 2.06. The molecule has 2 rings (SSSR count). The highest BCUT2D eigenvalue weighted by Crippen LogP contribution is 2.29. The average Bonchev–Trinajstić information content (AvgIpc) is 2.64. The first-order chi connectivity index (χ1) is 7.20. The molecule has 0 unspecified atom stereocenters. The standard InChI is InChI=1S/C10H8ClNO2S/c1-14-6-2-3-7(8(11)4-6)9-5-15-10(13)12-9/h2-5H,1H3,(H,12,13). The number of benzene rings is 1. The van der Waals surface area contributed by atoms with E-state index in [1.54, 1.807) is 24.6 Å². The smallest absolute Gasteiger partial charge is 0.304 e. The van der Waals surface area contributed by atoms with Crippen molar-refractivity contribution < 1.29 is 4.74 Å². The van der Waals surface area contributed by atoms with Gasteiger partial charge < -0.3 is 9.72 Å². The zero-order valence-electron chi connectivity index (χ0n) is 7.91. The molecule has 1 aromatic carbocycles. The third-order valence-electron chi connectivity index (χ3n) is 1.99. The Labute approximate surface area is 95.3 Å². The molecule has 0 saturated carbocycles. The number of hydrogen-bond donors (Lipinski definition) is 1. The van der Waals surface area contributed by atoms with Crippen molar-refractivity contribution in [1.29, 1.82) is 0 Å². The molecule has 0 radical (unpaired) electrons. The Kier molecular flexibility index (Phi) is 2.79. The molecule has 0 bridgehead atoms. The van der Waals surface area contributed by atoms with Gasteiger partial charge in [0.15, 0.2) is 0 Å². The van der Waals surface area contributed by atoms with Crippen molar-refractivity contribution in [3.63, 3.8) is 0 Å². The lowest BCUT2D eigenvalue weighted by atomic mass is 10.2. The molecule has 5 heteroatoms. The molecule has 78 valence electrons. The van der Waals surface area contributed by atoms with Gasteiger partial charge in [0, 0.05) is 10.9 Å². The maximum atomic E-state index is 11.0. The van der Waals surface area contributed by atoms with Gasteiger partial charge in [0.2, 0.25) is 0 Å². The lowest BCUT2D eigenvalue weighted by Gasteiger charge is -2.04. The Hall–Kier alpha value is -1.26. The SMILES string of the molecule is COc1ccc(-c2csc(=O)[nH]2)c(Cl)c1. The maximum absolute atomic E-state index is 11.0. The van der Waals surface area contributed by atoms with Crippen molar-refractivity contribution in [2.75, 3.05) is 7.11 Å². The van der Waals surface area contributed by atoms with Gasteiger partial charge >= 0.3 is 4.87 Å². The minimum Gasteiger partial charge on any atom is -0.497 e. The predicted octanol–water partition coefficient (Wildman–Crippen LogP) is 2.77. The van der Waals surface area contributed by atoms with E-state index in [0.717, 1.165) is 22.6 Å². The van der Waals surface area contributed by atoms with E-state index in [1.807, 2.05) is 6.07 Å². The number of ether oxygens (including phenoxy) is 1. The minimum absolute atomic E-state index is 0.0862. The molecule has 1 aromatic heterocycles. The molecule has 0 aliphatic heterocycles. The molecule has 0 amide bonds. The zero-order chi connectivity index (χ0) is 10.8. The molecule has 2 aromatic rings. The van der Waals surface area contributed by atoms with Gasteiger partial charge in [-0.3, -0.25) is 4.79 Å². The van der Waals surface area contributed by atoms with E-state index in [2.05, 4.69) is 4.98 Å². The third-order valence-corrected chi connectivity index (χ3v) is 2.97. The lowest BCUT2D eigenvalue weighted by molar-refractivity contribution is 0.415. The summed E-state index contributed by atoms with van der Waals surface area (Å²) in [7, 11) is 1.58. The fourth-order valence-corrected chi connectivity index (χ4v) is 2.11. The van der Waals surface area contributed by atoms with Gasteiger partial charge in [0.1, 0.15) is 5.75 Å². The molecular formula is C10H8ClNO2S. The van der Waals surface area contributed by atoms with Gasteiger partial charge in [-0.15, -0.1) is 0 Å². The Morgan fingerprint density at radius 2 is 2.27 bits per heavy atom. The number of hydrogen-bond acceptors (Lipinski definition) is 3. The first kappa shape index (κ1) is 10.3. The van der Waals surface area contributed by atoms with Gasteiger partial charge in [0.05, 0.1) is 17.8 Å².